The number of amides is 1. The van der Waals surface area contributed by atoms with Gasteiger partial charge in [0.15, 0.2) is 0 Å². The number of rotatable bonds is 4. The number of benzene rings is 1. The molecule has 4 nitrogen and oxygen atoms in total. The Hall–Kier alpha value is -2.43. The third-order valence-corrected chi connectivity index (χ3v) is 2.68. The van der Waals surface area contributed by atoms with Crippen molar-refractivity contribution in [3.05, 3.63) is 53.6 Å². The largest absolute Gasteiger partial charge is 0.384 e. The van der Waals surface area contributed by atoms with Gasteiger partial charge in [-0.25, -0.2) is 9.37 Å². The summed E-state index contributed by atoms with van der Waals surface area (Å²) in [7, 11) is 0. The predicted molar refractivity (Wildman–Crippen MR) is 77.5 cm³/mol. The maximum atomic E-state index is 13.2. The van der Waals surface area contributed by atoms with Crippen LogP contribution in [0.4, 0.5) is 15.8 Å². The molecular formula is C15H16FN3O. The first-order valence-corrected chi connectivity index (χ1v) is 6.37. The fourth-order valence-electron chi connectivity index (χ4n) is 1.84. The highest BCUT2D eigenvalue weighted by Crippen LogP contribution is 2.14. The second-order valence-electron chi connectivity index (χ2n) is 4.43. The van der Waals surface area contributed by atoms with Crippen molar-refractivity contribution in [2.45, 2.75) is 13.8 Å². The number of carbonyl (C=O) groups excluding carboxylic acids is 1. The van der Waals surface area contributed by atoms with Crippen LogP contribution in [0.1, 0.15) is 23.0 Å². The molecular weight excluding hydrogens is 257 g/mol. The summed E-state index contributed by atoms with van der Waals surface area (Å²) in [5.41, 5.74) is 2.31. The van der Waals surface area contributed by atoms with Gasteiger partial charge in [-0.2, -0.15) is 0 Å². The zero-order valence-corrected chi connectivity index (χ0v) is 11.4. The van der Waals surface area contributed by atoms with Gasteiger partial charge in [0.2, 0.25) is 0 Å². The SMILES string of the molecule is CCNc1ccc(C(=O)Nc2cc(C)cc(F)c2)nc1. The van der Waals surface area contributed by atoms with E-state index in [1.54, 1.807) is 31.3 Å². The minimum atomic E-state index is -0.379. The number of hydrogen-bond acceptors (Lipinski definition) is 3. The van der Waals surface area contributed by atoms with Gasteiger partial charge >= 0.3 is 0 Å². The molecule has 0 unspecified atom stereocenters. The molecule has 0 aliphatic carbocycles. The number of nitrogens with one attached hydrogen (secondary N) is 2. The second kappa shape index (κ2) is 6.14. The number of hydrogen-bond donors (Lipinski definition) is 2. The van der Waals surface area contributed by atoms with Crippen LogP contribution >= 0.6 is 0 Å². The summed E-state index contributed by atoms with van der Waals surface area (Å²) in [5.74, 6) is -0.742. The summed E-state index contributed by atoms with van der Waals surface area (Å²) in [6, 6.07) is 7.78. The summed E-state index contributed by atoms with van der Waals surface area (Å²) < 4.78 is 13.2. The van der Waals surface area contributed by atoms with E-state index in [9.17, 15) is 9.18 Å². The van der Waals surface area contributed by atoms with Crippen LogP contribution in [0.5, 0.6) is 0 Å². The van der Waals surface area contributed by atoms with Crippen LogP contribution in [-0.2, 0) is 0 Å². The van der Waals surface area contributed by atoms with Crippen molar-refractivity contribution in [1.82, 2.24) is 4.98 Å². The summed E-state index contributed by atoms with van der Waals surface area (Å²) in [6.45, 7) is 4.53. The van der Waals surface area contributed by atoms with Gasteiger partial charge in [0, 0.05) is 12.2 Å². The number of aryl methyl sites for hydroxylation is 1. The molecule has 0 radical (unpaired) electrons. The molecule has 1 aromatic heterocycles. The van der Waals surface area contributed by atoms with Crippen molar-refractivity contribution < 1.29 is 9.18 Å². The van der Waals surface area contributed by atoms with Crippen LogP contribution in [0.15, 0.2) is 36.5 Å². The fraction of sp³-hybridized carbons (Fsp3) is 0.200. The Morgan fingerprint density at radius 2 is 2.05 bits per heavy atom. The average Bonchev–Trinajstić information content (AvgIpc) is 2.38. The summed E-state index contributed by atoms with van der Waals surface area (Å²) in [4.78, 5) is 16.1. The zero-order chi connectivity index (χ0) is 14.5. The molecule has 20 heavy (non-hydrogen) atoms. The second-order valence-corrected chi connectivity index (χ2v) is 4.43. The smallest absolute Gasteiger partial charge is 0.274 e. The normalized spacial score (nSPS) is 10.2. The van der Waals surface area contributed by atoms with E-state index < -0.39 is 0 Å². The number of aromatic nitrogens is 1. The molecule has 0 aliphatic heterocycles. The Bertz CT molecular complexity index is 591. The lowest BCUT2D eigenvalue weighted by Gasteiger charge is -2.07. The molecule has 2 aromatic rings. The van der Waals surface area contributed by atoms with E-state index in [0.717, 1.165) is 17.8 Å². The van der Waals surface area contributed by atoms with E-state index in [1.807, 2.05) is 6.92 Å². The van der Waals surface area contributed by atoms with E-state index in [2.05, 4.69) is 15.6 Å². The molecule has 104 valence electrons. The number of nitrogens with zero attached hydrogens (tertiary/aromatic N) is 1. The molecule has 2 rings (SSSR count). The van der Waals surface area contributed by atoms with Gasteiger partial charge < -0.3 is 10.6 Å². The van der Waals surface area contributed by atoms with Crippen LogP contribution in [0, 0.1) is 12.7 Å². The minimum Gasteiger partial charge on any atom is -0.384 e. The van der Waals surface area contributed by atoms with Crippen LogP contribution in [0.25, 0.3) is 0 Å². The quantitative estimate of drug-likeness (QED) is 0.899. The number of carbonyl (C=O) groups is 1. The van der Waals surface area contributed by atoms with Crippen molar-refractivity contribution >= 4 is 17.3 Å². The predicted octanol–water partition coefficient (Wildman–Crippen LogP) is 3.21. The van der Waals surface area contributed by atoms with Crippen LogP contribution < -0.4 is 10.6 Å². The molecule has 0 spiro atoms. The van der Waals surface area contributed by atoms with Crippen molar-refractivity contribution in [3.8, 4) is 0 Å². The van der Waals surface area contributed by atoms with E-state index in [1.165, 1.54) is 12.1 Å². The molecule has 2 N–H and O–H groups in total. The minimum absolute atomic E-state index is 0.286. The lowest BCUT2D eigenvalue weighted by molar-refractivity contribution is 0.102. The fourth-order valence-corrected chi connectivity index (χ4v) is 1.84. The van der Waals surface area contributed by atoms with E-state index >= 15 is 0 Å². The molecule has 0 atom stereocenters. The summed E-state index contributed by atoms with van der Waals surface area (Å²) in [5, 5.41) is 5.72. The first kappa shape index (κ1) is 14.0. The first-order valence-electron chi connectivity index (χ1n) is 6.37. The van der Waals surface area contributed by atoms with Crippen LogP contribution in [-0.4, -0.2) is 17.4 Å². The van der Waals surface area contributed by atoms with Crippen molar-refractivity contribution in [2.75, 3.05) is 17.2 Å². The zero-order valence-electron chi connectivity index (χ0n) is 11.4. The molecule has 0 fully saturated rings. The van der Waals surface area contributed by atoms with Gasteiger partial charge in [-0.3, -0.25) is 4.79 Å². The molecule has 0 aliphatic rings. The molecule has 1 aromatic carbocycles. The lowest BCUT2D eigenvalue weighted by atomic mass is 10.2. The number of pyridine rings is 1. The third kappa shape index (κ3) is 3.54. The highest BCUT2D eigenvalue weighted by Gasteiger charge is 2.08. The molecule has 0 saturated carbocycles. The lowest BCUT2D eigenvalue weighted by Crippen LogP contribution is -2.14. The van der Waals surface area contributed by atoms with Gasteiger partial charge in [-0.15, -0.1) is 0 Å². The van der Waals surface area contributed by atoms with Crippen molar-refractivity contribution in [1.29, 1.82) is 0 Å². The van der Waals surface area contributed by atoms with E-state index in [-0.39, 0.29) is 17.4 Å². The summed E-state index contributed by atoms with van der Waals surface area (Å²) in [6.07, 6.45) is 1.59. The molecule has 1 heterocycles. The Balaban J connectivity index is 2.11. The molecule has 5 heteroatoms. The topological polar surface area (TPSA) is 54.0 Å². The number of anilines is 2. The van der Waals surface area contributed by atoms with Gasteiger partial charge in [0.1, 0.15) is 11.5 Å². The first-order chi connectivity index (χ1) is 9.58. The Labute approximate surface area is 117 Å². The highest BCUT2D eigenvalue weighted by molar-refractivity contribution is 6.02. The highest BCUT2D eigenvalue weighted by atomic mass is 19.1. The molecule has 0 bridgehead atoms. The van der Waals surface area contributed by atoms with Crippen LogP contribution in [0.3, 0.4) is 0 Å². The number of halogens is 1. The molecule has 1 amide bonds. The Morgan fingerprint density at radius 3 is 2.65 bits per heavy atom. The van der Waals surface area contributed by atoms with Gasteiger partial charge in [0.25, 0.3) is 5.91 Å². The third-order valence-electron chi connectivity index (χ3n) is 2.68. The van der Waals surface area contributed by atoms with E-state index in [4.69, 9.17) is 0 Å². The average molecular weight is 273 g/mol. The van der Waals surface area contributed by atoms with Crippen LogP contribution in [0.2, 0.25) is 0 Å². The van der Waals surface area contributed by atoms with Gasteiger partial charge in [-0.1, -0.05) is 0 Å². The molecule has 0 saturated heterocycles. The maximum Gasteiger partial charge on any atom is 0.274 e. The summed E-state index contributed by atoms with van der Waals surface area (Å²) >= 11 is 0. The maximum absolute atomic E-state index is 13.2. The Morgan fingerprint density at radius 1 is 1.25 bits per heavy atom. The van der Waals surface area contributed by atoms with Crippen molar-refractivity contribution in [2.24, 2.45) is 0 Å². The standard InChI is InChI=1S/C15H16FN3O/c1-3-17-12-4-5-14(18-9-12)15(20)19-13-7-10(2)6-11(16)8-13/h4-9,17H,3H2,1-2H3,(H,19,20). The van der Waals surface area contributed by atoms with E-state index in [0.29, 0.717) is 5.69 Å². The van der Waals surface area contributed by atoms with Gasteiger partial charge in [-0.05, 0) is 49.7 Å². The Kier molecular flexibility index (Phi) is 4.30. The monoisotopic (exact) mass is 273 g/mol. The van der Waals surface area contributed by atoms with Gasteiger partial charge in [0.05, 0.1) is 11.9 Å². The van der Waals surface area contributed by atoms with Crippen molar-refractivity contribution in [3.63, 3.8) is 0 Å².